The molecule has 0 aliphatic heterocycles. The van der Waals surface area contributed by atoms with Crippen LogP contribution in [0.2, 0.25) is 0 Å². The predicted molar refractivity (Wildman–Crippen MR) is 129 cm³/mol. The number of methoxy groups -OCH3 is 2. The fourth-order valence-electron chi connectivity index (χ4n) is 2.62. The SMILES string of the molecule is COc1ccc(/C=C/C(=O)NC(=S)Nc2ccc(S(=O)(=O)NC(C)(C)C)cc2)cc1OC. The number of benzene rings is 2. The highest BCUT2D eigenvalue weighted by atomic mass is 32.2. The van der Waals surface area contributed by atoms with Crippen LogP contribution in [-0.2, 0) is 14.8 Å². The van der Waals surface area contributed by atoms with Gasteiger partial charge >= 0.3 is 0 Å². The summed E-state index contributed by atoms with van der Waals surface area (Å²) in [6, 6.07) is 11.3. The normalized spacial score (nSPS) is 11.8. The molecule has 0 aromatic heterocycles. The topological polar surface area (TPSA) is 106 Å². The third-order valence-corrected chi connectivity index (χ3v) is 5.91. The van der Waals surface area contributed by atoms with Crippen LogP contribution >= 0.6 is 12.2 Å². The molecule has 0 radical (unpaired) electrons. The van der Waals surface area contributed by atoms with Crippen LogP contribution in [0.15, 0.2) is 53.4 Å². The summed E-state index contributed by atoms with van der Waals surface area (Å²) in [5.74, 6) is 0.716. The molecule has 0 aliphatic carbocycles. The molecule has 0 fully saturated rings. The van der Waals surface area contributed by atoms with E-state index in [2.05, 4.69) is 15.4 Å². The first kappa shape index (κ1) is 25.3. The first-order valence-electron chi connectivity index (χ1n) is 9.59. The molecule has 1 amide bonds. The van der Waals surface area contributed by atoms with Crippen LogP contribution in [0.4, 0.5) is 5.69 Å². The summed E-state index contributed by atoms with van der Waals surface area (Å²) < 4.78 is 37.7. The van der Waals surface area contributed by atoms with Gasteiger partial charge in [0.1, 0.15) is 0 Å². The number of carbonyl (C=O) groups is 1. The van der Waals surface area contributed by atoms with E-state index in [1.807, 2.05) is 0 Å². The van der Waals surface area contributed by atoms with Crippen LogP contribution in [0.1, 0.15) is 26.3 Å². The number of rotatable bonds is 7. The average Bonchev–Trinajstić information content (AvgIpc) is 2.70. The first-order valence-corrected chi connectivity index (χ1v) is 11.5. The Hall–Kier alpha value is -2.95. The molecule has 3 N–H and O–H groups in total. The van der Waals surface area contributed by atoms with Crippen molar-refractivity contribution in [1.82, 2.24) is 10.0 Å². The average molecular weight is 478 g/mol. The van der Waals surface area contributed by atoms with Crippen molar-refractivity contribution < 1.29 is 22.7 Å². The fourth-order valence-corrected chi connectivity index (χ4v) is 4.26. The molecule has 8 nitrogen and oxygen atoms in total. The number of ether oxygens (including phenoxy) is 2. The van der Waals surface area contributed by atoms with Crippen molar-refractivity contribution in [2.24, 2.45) is 0 Å². The molecule has 2 aromatic rings. The van der Waals surface area contributed by atoms with Crippen LogP contribution in [0.25, 0.3) is 6.08 Å². The minimum atomic E-state index is -3.63. The second-order valence-corrected chi connectivity index (χ2v) is 9.86. The van der Waals surface area contributed by atoms with Crippen LogP contribution in [0.3, 0.4) is 0 Å². The number of nitrogens with one attached hydrogen (secondary N) is 3. The monoisotopic (exact) mass is 477 g/mol. The second-order valence-electron chi connectivity index (χ2n) is 7.77. The van der Waals surface area contributed by atoms with E-state index in [9.17, 15) is 13.2 Å². The molecule has 0 heterocycles. The van der Waals surface area contributed by atoms with Gasteiger partial charge in [-0.2, -0.15) is 0 Å². The maximum atomic E-state index is 12.4. The van der Waals surface area contributed by atoms with Gasteiger partial charge in [0, 0.05) is 17.3 Å². The maximum absolute atomic E-state index is 12.4. The van der Waals surface area contributed by atoms with Crippen molar-refractivity contribution in [2.45, 2.75) is 31.2 Å². The minimum Gasteiger partial charge on any atom is -0.493 e. The van der Waals surface area contributed by atoms with Gasteiger partial charge in [-0.15, -0.1) is 0 Å². The van der Waals surface area contributed by atoms with Gasteiger partial charge in [-0.25, -0.2) is 13.1 Å². The molecule has 0 atom stereocenters. The summed E-state index contributed by atoms with van der Waals surface area (Å²) in [4.78, 5) is 12.3. The van der Waals surface area contributed by atoms with E-state index in [-0.39, 0.29) is 10.0 Å². The molecule has 10 heteroatoms. The third kappa shape index (κ3) is 7.63. The Balaban J connectivity index is 1.96. The quantitative estimate of drug-likeness (QED) is 0.415. The van der Waals surface area contributed by atoms with E-state index in [0.717, 1.165) is 5.56 Å². The Morgan fingerprint density at radius 1 is 1.00 bits per heavy atom. The Bertz CT molecular complexity index is 1110. The van der Waals surface area contributed by atoms with E-state index in [0.29, 0.717) is 17.2 Å². The summed E-state index contributed by atoms with van der Waals surface area (Å²) in [7, 11) is -0.553. The predicted octanol–water partition coefficient (Wildman–Crippen LogP) is 3.31. The standard InChI is InChI=1S/C22H27N3O5S2/c1-22(2,3)25-32(27,28)17-10-8-16(9-11-17)23-21(31)24-20(26)13-7-15-6-12-18(29-4)19(14-15)30-5/h6-14,25H,1-5H3,(H2,23,24,26,31)/b13-7+. The number of anilines is 1. The molecule has 0 spiro atoms. The van der Waals surface area contributed by atoms with Crippen molar-refractivity contribution >= 4 is 45.0 Å². The summed E-state index contributed by atoms with van der Waals surface area (Å²) in [5, 5.41) is 5.46. The van der Waals surface area contributed by atoms with Gasteiger partial charge in [-0.3, -0.25) is 10.1 Å². The summed E-state index contributed by atoms with van der Waals surface area (Å²) >= 11 is 5.15. The molecule has 2 rings (SSSR count). The van der Waals surface area contributed by atoms with Crippen molar-refractivity contribution in [3.8, 4) is 11.5 Å². The lowest BCUT2D eigenvalue weighted by Crippen LogP contribution is -2.40. The van der Waals surface area contributed by atoms with Crippen molar-refractivity contribution in [3.63, 3.8) is 0 Å². The fraction of sp³-hybridized carbons (Fsp3) is 0.273. The van der Waals surface area contributed by atoms with Gasteiger partial charge in [0.2, 0.25) is 15.9 Å². The smallest absolute Gasteiger partial charge is 0.250 e. The van der Waals surface area contributed by atoms with E-state index in [1.165, 1.54) is 25.3 Å². The van der Waals surface area contributed by atoms with Crippen molar-refractivity contribution in [1.29, 1.82) is 0 Å². The highest BCUT2D eigenvalue weighted by Crippen LogP contribution is 2.27. The maximum Gasteiger partial charge on any atom is 0.250 e. The number of sulfonamides is 1. The van der Waals surface area contributed by atoms with Gasteiger partial charge in [0.25, 0.3) is 0 Å². The van der Waals surface area contributed by atoms with Gasteiger partial charge in [0.05, 0.1) is 19.1 Å². The minimum absolute atomic E-state index is 0.0791. The van der Waals surface area contributed by atoms with E-state index >= 15 is 0 Å². The molecule has 0 bridgehead atoms. The molecule has 0 unspecified atom stereocenters. The summed E-state index contributed by atoms with van der Waals surface area (Å²) in [6.45, 7) is 5.30. The molecule has 0 aliphatic rings. The van der Waals surface area contributed by atoms with Gasteiger partial charge in [0.15, 0.2) is 16.6 Å². The summed E-state index contributed by atoms with van der Waals surface area (Å²) in [5.41, 5.74) is 0.692. The van der Waals surface area contributed by atoms with Crippen LogP contribution in [0.5, 0.6) is 11.5 Å². The lowest BCUT2D eigenvalue weighted by molar-refractivity contribution is -0.115. The molecule has 0 saturated carbocycles. The van der Waals surface area contributed by atoms with E-state index < -0.39 is 21.5 Å². The Morgan fingerprint density at radius 2 is 1.62 bits per heavy atom. The van der Waals surface area contributed by atoms with Crippen molar-refractivity contribution in [3.05, 3.63) is 54.1 Å². The van der Waals surface area contributed by atoms with E-state index in [1.54, 1.807) is 64.3 Å². The Morgan fingerprint density at radius 3 is 2.19 bits per heavy atom. The van der Waals surface area contributed by atoms with Crippen LogP contribution in [-0.4, -0.2) is 39.2 Å². The molecular weight excluding hydrogens is 450 g/mol. The largest absolute Gasteiger partial charge is 0.493 e. The van der Waals surface area contributed by atoms with E-state index in [4.69, 9.17) is 21.7 Å². The Kier molecular flexibility index (Phi) is 8.37. The highest BCUT2D eigenvalue weighted by Gasteiger charge is 2.21. The molecule has 32 heavy (non-hydrogen) atoms. The Labute approximate surface area is 194 Å². The summed E-state index contributed by atoms with van der Waals surface area (Å²) in [6.07, 6.45) is 2.95. The zero-order valence-electron chi connectivity index (χ0n) is 18.6. The second kappa shape index (κ2) is 10.6. The number of hydrogen-bond donors (Lipinski definition) is 3. The van der Waals surface area contributed by atoms with Gasteiger partial charge in [-0.1, -0.05) is 6.07 Å². The van der Waals surface area contributed by atoms with Crippen LogP contribution in [0, 0.1) is 0 Å². The zero-order chi connectivity index (χ0) is 23.9. The van der Waals surface area contributed by atoms with Crippen molar-refractivity contribution in [2.75, 3.05) is 19.5 Å². The zero-order valence-corrected chi connectivity index (χ0v) is 20.2. The third-order valence-electron chi connectivity index (χ3n) is 3.93. The number of carbonyl (C=O) groups excluding carboxylic acids is 1. The first-order chi connectivity index (χ1) is 14.9. The molecule has 2 aromatic carbocycles. The number of amides is 1. The molecular formula is C22H27N3O5S2. The van der Waals surface area contributed by atoms with Gasteiger partial charge in [-0.05, 0) is 81.0 Å². The number of thiocarbonyl (C=S) groups is 1. The lowest BCUT2D eigenvalue weighted by Gasteiger charge is -2.20. The van der Waals surface area contributed by atoms with Gasteiger partial charge < -0.3 is 14.8 Å². The van der Waals surface area contributed by atoms with Crippen LogP contribution < -0.4 is 24.8 Å². The molecule has 172 valence electrons. The number of hydrogen-bond acceptors (Lipinski definition) is 6. The molecule has 0 saturated heterocycles. The highest BCUT2D eigenvalue weighted by molar-refractivity contribution is 7.89. The lowest BCUT2D eigenvalue weighted by atomic mass is 10.1.